The van der Waals surface area contributed by atoms with Gasteiger partial charge in [0.25, 0.3) is 0 Å². The summed E-state index contributed by atoms with van der Waals surface area (Å²) in [5, 5.41) is 4.76. The van der Waals surface area contributed by atoms with E-state index in [0.29, 0.717) is 5.02 Å². The molecule has 1 N–H and O–H groups in total. The molecule has 13 heavy (non-hydrogen) atoms. The second kappa shape index (κ2) is 4.41. The van der Waals surface area contributed by atoms with Crippen LogP contribution in [0.1, 0.15) is 12.0 Å². The highest BCUT2D eigenvalue weighted by atomic mass is 35.5. The number of benzene rings is 1. The molecule has 2 rings (SSSR count). The predicted molar refractivity (Wildman–Crippen MR) is 60.5 cm³/mol. The molecule has 0 spiro atoms. The molecule has 0 radical (unpaired) electrons. The van der Waals surface area contributed by atoms with Crippen molar-refractivity contribution in [2.45, 2.75) is 12.8 Å². The second-order valence-electron chi connectivity index (χ2n) is 2.94. The van der Waals surface area contributed by atoms with Crippen LogP contribution in [0.4, 0.5) is 5.69 Å². The monoisotopic (exact) mass is 237 g/mol. The Morgan fingerprint density at radius 2 is 2.00 bits per heavy atom. The fraction of sp³-hybridized carbons (Fsp3) is 0.333. The van der Waals surface area contributed by atoms with Crippen LogP contribution in [-0.2, 0) is 6.42 Å². The van der Waals surface area contributed by atoms with Crippen molar-refractivity contribution in [1.29, 1.82) is 0 Å². The van der Waals surface area contributed by atoms with Crippen molar-refractivity contribution in [3.63, 3.8) is 0 Å². The normalized spacial score (nSPS) is 14.0. The summed E-state index contributed by atoms with van der Waals surface area (Å²) in [5.41, 5.74) is 2.30. The van der Waals surface area contributed by atoms with E-state index in [-0.39, 0.29) is 12.4 Å². The van der Waals surface area contributed by atoms with Crippen molar-refractivity contribution < 1.29 is 0 Å². The van der Waals surface area contributed by atoms with E-state index in [1.807, 2.05) is 6.07 Å². The van der Waals surface area contributed by atoms with Crippen LogP contribution >= 0.6 is 35.6 Å². The van der Waals surface area contributed by atoms with Gasteiger partial charge in [0.2, 0.25) is 0 Å². The zero-order valence-corrected chi connectivity index (χ0v) is 9.27. The summed E-state index contributed by atoms with van der Waals surface area (Å²) < 4.78 is 0. The molecule has 1 aromatic rings. The molecular weight excluding hydrogens is 228 g/mol. The Bertz CT molecular complexity index is 312. The van der Waals surface area contributed by atoms with Crippen molar-refractivity contribution in [3.05, 3.63) is 27.7 Å². The van der Waals surface area contributed by atoms with E-state index >= 15 is 0 Å². The molecule has 72 valence electrons. The standard InChI is InChI=1S/C9H9Cl2N.ClH/c10-6-4-8(11)7-2-1-3-12-9(7)5-6;/h4-5,12H,1-3H2;1H. The quantitative estimate of drug-likeness (QED) is 0.725. The van der Waals surface area contributed by atoms with Crippen molar-refractivity contribution in [2.24, 2.45) is 0 Å². The van der Waals surface area contributed by atoms with Gasteiger partial charge >= 0.3 is 0 Å². The van der Waals surface area contributed by atoms with E-state index < -0.39 is 0 Å². The SMILES string of the molecule is Cl.Clc1cc(Cl)c2c(c1)NCCC2. The zero-order chi connectivity index (χ0) is 8.55. The lowest BCUT2D eigenvalue weighted by molar-refractivity contribution is 0.830. The first-order chi connectivity index (χ1) is 5.77. The largest absolute Gasteiger partial charge is 0.385 e. The Morgan fingerprint density at radius 1 is 1.23 bits per heavy atom. The summed E-state index contributed by atoms with van der Waals surface area (Å²) in [5.74, 6) is 0. The number of anilines is 1. The van der Waals surface area contributed by atoms with Crippen LogP contribution in [0.15, 0.2) is 12.1 Å². The third kappa shape index (κ3) is 2.22. The molecule has 4 heteroatoms. The van der Waals surface area contributed by atoms with Gasteiger partial charge in [-0.15, -0.1) is 12.4 Å². The van der Waals surface area contributed by atoms with Gasteiger partial charge in [-0.25, -0.2) is 0 Å². The summed E-state index contributed by atoms with van der Waals surface area (Å²) in [6, 6.07) is 3.73. The molecule has 0 aliphatic carbocycles. The molecule has 1 heterocycles. The minimum atomic E-state index is 0. The Morgan fingerprint density at radius 3 is 2.77 bits per heavy atom. The number of hydrogen-bond acceptors (Lipinski definition) is 1. The maximum atomic E-state index is 6.02. The predicted octanol–water partition coefficient (Wildman–Crippen LogP) is 3.77. The van der Waals surface area contributed by atoms with E-state index in [9.17, 15) is 0 Å². The maximum absolute atomic E-state index is 6.02. The van der Waals surface area contributed by atoms with Gasteiger partial charge < -0.3 is 5.32 Å². The van der Waals surface area contributed by atoms with Crippen LogP contribution in [0.5, 0.6) is 0 Å². The fourth-order valence-electron chi connectivity index (χ4n) is 1.50. The molecule has 0 saturated heterocycles. The minimum absolute atomic E-state index is 0. The molecule has 0 fully saturated rings. The van der Waals surface area contributed by atoms with Gasteiger partial charge in [0.1, 0.15) is 0 Å². The molecule has 0 bridgehead atoms. The third-order valence-electron chi connectivity index (χ3n) is 2.08. The Hall–Kier alpha value is -0.110. The Labute approximate surface area is 93.8 Å². The van der Waals surface area contributed by atoms with Crippen molar-refractivity contribution in [3.8, 4) is 0 Å². The van der Waals surface area contributed by atoms with E-state index in [1.54, 1.807) is 6.07 Å². The highest BCUT2D eigenvalue weighted by molar-refractivity contribution is 6.35. The lowest BCUT2D eigenvalue weighted by atomic mass is 10.0. The lowest BCUT2D eigenvalue weighted by Gasteiger charge is -2.19. The van der Waals surface area contributed by atoms with E-state index in [1.165, 1.54) is 5.56 Å². The van der Waals surface area contributed by atoms with Gasteiger partial charge in [-0.3, -0.25) is 0 Å². The molecule has 0 saturated carbocycles. The van der Waals surface area contributed by atoms with Crippen LogP contribution in [0.3, 0.4) is 0 Å². The summed E-state index contributed by atoms with van der Waals surface area (Å²) in [6.07, 6.45) is 2.20. The number of rotatable bonds is 0. The van der Waals surface area contributed by atoms with Gasteiger partial charge in [0.15, 0.2) is 0 Å². The topological polar surface area (TPSA) is 12.0 Å². The number of nitrogens with one attached hydrogen (secondary N) is 1. The molecule has 0 aromatic heterocycles. The number of halogens is 3. The summed E-state index contributed by atoms with van der Waals surface area (Å²) in [6.45, 7) is 1.02. The van der Waals surface area contributed by atoms with Crippen LogP contribution < -0.4 is 5.32 Å². The number of hydrogen-bond donors (Lipinski definition) is 1. The Balaban J connectivity index is 0.000000845. The van der Waals surface area contributed by atoms with Crippen LogP contribution in [-0.4, -0.2) is 6.54 Å². The highest BCUT2D eigenvalue weighted by Crippen LogP contribution is 2.32. The first-order valence-electron chi connectivity index (χ1n) is 3.99. The van der Waals surface area contributed by atoms with E-state index in [4.69, 9.17) is 23.2 Å². The molecule has 1 nitrogen and oxygen atoms in total. The molecule has 1 aliphatic heterocycles. The molecular formula is C9H10Cl3N. The highest BCUT2D eigenvalue weighted by Gasteiger charge is 2.12. The van der Waals surface area contributed by atoms with Crippen molar-refractivity contribution >= 4 is 41.3 Å². The zero-order valence-electron chi connectivity index (χ0n) is 6.94. The summed E-state index contributed by atoms with van der Waals surface area (Å²) in [4.78, 5) is 0. The first kappa shape index (κ1) is 11.0. The van der Waals surface area contributed by atoms with Crippen molar-refractivity contribution in [2.75, 3.05) is 11.9 Å². The van der Waals surface area contributed by atoms with E-state index in [2.05, 4.69) is 5.32 Å². The number of fused-ring (bicyclic) bond motifs is 1. The average Bonchev–Trinajstić information content (AvgIpc) is 2.04. The van der Waals surface area contributed by atoms with Gasteiger partial charge in [-0.05, 0) is 30.5 Å². The third-order valence-corrected chi connectivity index (χ3v) is 2.63. The van der Waals surface area contributed by atoms with Crippen LogP contribution in [0.25, 0.3) is 0 Å². The van der Waals surface area contributed by atoms with Crippen molar-refractivity contribution in [1.82, 2.24) is 0 Å². The Kier molecular flexibility index (Phi) is 3.72. The molecule has 1 aliphatic rings. The van der Waals surface area contributed by atoms with Gasteiger partial charge in [-0.1, -0.05) is 23.2 Å². The minimum Gasteiger partial charge on any atom is -0.385 e. The van der Waals surface area contributed by atoms with Gasteiger partial charge in [0, 0.05) is 22.3 Å². The molecule has 0 atom stereocenters. The lowest BCUT2D eigenvalue weighted by Crippen LogP contribution is -2.11. The van der Waals surface area contributed by atoms with Gasteiger partial charge in [-0.2, -0.15) is 0 Å². The fourth-order valence-corrected chi connectivity index (χ4v) is 2.09. The molecule has 0 amide bonds. The van der Waals surface area contributed by atoms with Crippen LogP contribution in [0.2, 0.25) is 10.0 Å². The average molecular weight is 239 g/mol. The molecule has 1 aromatic carbocycles. The van der Waals surface area contributed by atoms with Gasteiger partial charge in [0.05, 0.1) is 0 Å². The van der Waals surface area contributed by atoms with E-state index in [0.717, 1.165) is 30.1 Å². The smallest absolute Gasteiger partial charge is 0.0473 e. The summed E-state index contributed by atoms with van der Waals surface area (Å²) in [7, 11) is 0. The first-order valence-corrected chi connectivity index (χ1v) is 4.75. The maximum Gasteiger partial charge on any atom is 0.0473 e. The second-order valence-corrected chi connectivity index (χ2v) is 3.79. The summed E-state index contributed by atoms with van der Waals surface area (Å²) >= 11 is 11.9. The van der Waals surface area contributed by atoms with Crippen LogP contribution in [0, 0.1) is 0 Å². The molecule has 0 unspecified atom stereocenters.